The third-order valence-electron chi connectivity index (χ3n) is 0.880. The van der Waals surface area contributed by atoms with Gasteiger partial charge in [0.05, 0.1) is 0 Å². The lowest BCUT2D eigenvalue weighted by molar-refractivity contribution is 0.632. The monoisotopic (exact) mass is 113 g/mol. The van der Waals surface area contributed by atoms with Crippen molar-refractivity contribution >= 4 is 0 Å². The Morgan fingerprint density at radius 3 is 2.50 bits per heavy atom. The van der Waals surface area contributed by atoms with Crippen LogP contribution in [0.3, 0.4) is 0 Å². The van der Waals surface area contributed by atoms with Gasteiger partial charge >= 0.3 is 0 Å². The van der Waals surface area contributed by atoms with E-state index in [4.69, 9.17) is 0 Å². The molecule has 0 aliphatic heterocycles. The second kappa shape index (κ2) is 4.85. The summed E-state index contributed by atoms with van der Waals surface area (Å²) in [5.74, 6) is 0. The molecule has 0 amide bonds. The summed E-state index contributed by atoms with van der Waals surface area (Å²) >= 11 is 0. The van der Waals surface area contributed by atoms with Gasteiger partial charge in [0.2, 0.25) is 0 Å². The van der Waals surface area contributed by atoms with E-state index in [9.17, 15) is 0 Å². The molecule has 0 aliphatic carbocycles. The Kier molecular flexibility index (Phi) is 4.67. The molecule has 0 radical (unpaired) electrons. The topological polar surface area (TPSA) is 12.0 Å². The molecular formula is C7H15N. The normalized spacial score (nSPS) is 11.5. The molecule has 0 unspecified atom stereocenters. The van der Waals surface area contributed by atoms with Gasteiger partial charge < -0.3 is 5.32 Å². The quantitative estimate of drug-likeness (QED) is 0.548. The van der Waals surface area contributed by atoms with Gasteiger partial charge in [-0.15, -0.1) is 0 Å². The maximum absolute atomic E-state index is 3.26. The Morgan fingerprint density at radius 2 is 2.12 bits per heavy atom. The third-order valence-corrected chi connectivity index (χ3v) is 0.880. The number of hydrogen-bond donors (Lipinski definition) is 1. The number of hydrogen-bond acceptors (Lipinski definition) is 1. The van der Waals surface area contributed by atoms with E-state index in [1.165, 1.54) is 0 Å². The lowest BCUT2D eigenvalue weighted by Gasteiger charge is -2.02. The van der Waals surface area contributed by atoms with Crippen molar-refractivity contribution in [3.05, 3.63) is 12.2 Å². The van der Waals surface area contributed by atoms with Crippen LogP contribution in [0.1, 0.15) is 20.8 Å². The summed E-state index contributed by atoms with van der Waals surface area (Å²) in [6.07, 6.45) is 4.16. The van der Waals surface area contributed by atoms with Crippen LogP contribution in [0.4, 0.5) is 0 Å². The summed E-state index contributed by atoms with van der Waals surface area (Å²) in [7, 11) is 0. The predicted molar refractivity (Wildman–Crippen MR) is 38.0 cm³/mol. The first-order chi connectivity index (χ1) is 3.77. The minimum absolute atomic E-state index is 0.603. The van der Waals surface area contributed by atoms with Crippen molar-refractivity contribution < 1.29 is 0 Å². The average Bonchev–Trinajstić information content (AvgIpc) is 1.66. The van der Waals surface area contributed by atoms with Gasteiger partial charge in [-0.1, -0.05) is 26.0 Å². The molecule has 1 N–H and O–H groups in total. The zero-order chi connectivity index (χ0) is 6.41. The Bertz CT molecular complexity index is 64.8. The zero-order valence-corrected chi connectivity index (χ0v) is 5.94. The van der Waals surface area contributed by atoms with Crippen LogP contribution in [0.5, 0.6) is 0 Å². The highest BCUT2D eigenvalue weighted by Gasteiger charge is 1.84. The molecule has 0 aromatic rings. The van der Waals surface area contributed by atoms with Gasteiger partial charge in [-0.3, -0.25) is 0 Å². The predicted octanol–water partition coefficient (Wildman–Crippen LogP) is 1.56. The van der Waals surface area contributed by atoms with E-state index in [0.29, 0.717) is 6.04 Å². The van der Waals surface area contributed by atoms with Crippen molar-refractivity contribution in [2.24, 2.45) is 0 Å². The summed E-state index contributed by atoms with van der Waals surface area (Å²) in [5, 5.41) is 3.26. The van der Waals surface area contributed by atoms with E-state index in [2.05, 4.69) is 31.3 Å². The molecule has 0 saturated heterocycles. The third kappa shape index (κ3) is 5.70. The van der Waals surface area contributed by atoms with E-state index >= 15 is 0 Å². The van der Waals surface area contributed by atoms with Crippen molar-refractivity contribution in [1.82, 2.24) is 5.32 Å². The smallest absolute Gasteiger partial charge is 0.0137 e. The molecule has 1 nitrogen and oxygen atoms in total. The molecule has 0 spiro atoms. The van der Waals surface area contributed by atoms with Gasteiger partial charge in [0.15, 0.2) is 0 Å². The molecule has 0 saturated carbocycles. The molecule has 0 atom stereocenters. The first-order valence-electron chi connectivity index (χ1n) is 3.12. The second-order valence-corrected chi connectivity index (χ2v) is 2.13. The van der Waals surface area contributed by atoms with Crippen LogP contribution in [0, 0.1) is 0 Å². The van der Waals surface area contributed by atoms with E-state index in [1.54, 1.807) is 0 Å². The molecule has 8 heavy (non-hydrogen) atoms. The van der Waals surface area contributed by atoms with Crippen molar-refractivity contribution in [3.8, 4) is 0 Å². The Morgan fingerprint density at radius 1 is 1.50 bits per heavy atom. The first-order valence-corrected chi connectivity index (χ1v) is 3.12. The van der Waals surface area contributed by atoms with Crippen molar-refractivity contribution in [1.29, 1.82) is 0 Å². The van der Waals surface area contributed by atoms with Crippen LogP contribution in [-0.4, -0.2) is 12.6 Å². The van der Waals surface area contributed by atoms with Crippen LogP contribution < -0.4 is 5.32 Å². The highest BCUT2D eigenvalue weighted by Crippen LogP contribution is 1.74. The van der Waals surface area contributed by atoms with Crippen LogP contribution in [-0.2, 0) is 0 Å². The van der Waals surface area contributed by atoms with Crippen molar-refractivity contribution in [2.45, 2.75) is 26.8 Å². The fourth-order valence-corrected chi connectivity index (χ4v) is 0.422. The first kappa shape index (κ1) is 7.70. The highest BCUT2D eigenvalue weighted by molar-refractivity contribution is 4.79. The summed E-state index contributed by atoms with van der Waals surface area (Å²) in [6.45, 7) is 7.31. The molecule has 0 aromatic heterocycles. The number of rotatable bonds is 3. The molecular weight excluding hydrogens is 98.1 g/mol. The molecule has 0 aliphatic rings. The molecule has 1 heteroatoms. The van der Waals surface area contributed by atoms with Gasteiger partial charge in [0, 0.05) is 12.6 Å². The highest BCUT2D eigenvalue weighted by atomic mass is 14.9. The summed E-state index contributed by atoms with van der Waals surface area (Å²) in [4.78, 5) is 0. The molecule has 0 heterocycles. The minimum atomic E-state index is 0.603. The average molecular weight is 113 g/mol. The van der Waals surface area contributed by atoms with Gasteiger partial charge in [-0.2, -0.15) is 0 Å². The maximum atomic E-state index is 3.26. The standard InChI is InChI=1S/C7H15N/c1-4-5-6-8-7(2)3/h4-5,7-8H,6H2,1-3H3. The Hall–Kier alpha value is -0.300. The van der Waals surface area contributed by atoms with Gasteiger partial charge in [0.25, 0.3) is 0 Å². The minimum Gasteiger partial charge on any atom is -0.311 e. The summed E-state index contributed by atoms with van der Waals surface area (Å²) < 4.78 is 0. The number of nitrogens with one attached hydrogen (secondary N) is 1. The fraction of sp³-hybridized carbons (Fsp3) is 0.714. The van der Waals surface area contributed by atoms with Crippen molar-refractivity contribution in [2.75, 3.05) is 6.54 Å². The van der Waals surface area contributed by atoms with Crippen LogP contribution >= 0.6 is 0 Å². The van der Waals surface area contributed by atoms with E-state index in [1.807, 2.05) is 6.92 Å². The van der Waals surface area contributed by atoms with E-state index in [-0.39, 0.29) is 0 Å². The second-order valence-electron chi connectivity index (χ2n) is 2.13. The Labute approximate surface area is 51.8 Å². The van der Waals surface area contributed by atoms with Gasteiger partial charge in [-0.25, -0.2) is 0 Å². The Balaban J connectivity index is 2.93. The van der Waals surface area contributed by atoms with Crippen LogP contribution in [0.25, 0.3) is 0 Å². The molecule has 0 fully saturated rings. The molecule has 48 valence electrons. The summed E-state index contributed by atoms with van der Waals surface area (Å²) in [5.41, 5.74) is 0. The zero-order valence-electron chi connectivity index (χ0n) is 5.94. The van der Waals surface area contributed by atoms with Gasteiger partial charge in [-0.05, 0) is 6.92 Å². The maximum Gasteiger partial charge on any atom is 0.0137 e. The summed E-state index contributed by atoms with van der Waals surface area (Å²) in [6, 6.07) is 0.603. The van der Waals surface area contributed by atoms with E-state index in [0.717, 1.165) is 6.54 Å². The van der Waals surface area contributed by atoms with Crippen molar-refractivity contribution in [3.63, 3.8) is 0 Å². The lowest BCUT2D eigenvalue weighted by atomic mass is 10.4. The van der Waals surface area contributed by atoms with Gasteiger partial charge in [0.1, 0.15) is 0 Å². The largest absolute Gasteiger partial charge is 0.311 e. The molecule has 0 aromatic carbocycles. The lowest BCUT2D eigenvalue weighted by Crippen LogP contribution is -2.22. The fourth-order valence-electron chi connectivity index (χ4n) is 0.422. The van der Waals surface area contributed by atoms with Crippen LogP contribution in [0.2, 0.25) is 0 Å². The molecule has 0 bridgehead atoms. The number of allylic oxidation sites excluding steroid dienone is 1. The van der Waals surface area contributed by atoms with Crippen LogP contribution in [0.15, 0.2) is 12.2 Å². The molecule has 0 rings (SSSR count). The SMILES string of the molecule is CC=CCNC(C)C. The van der Waals surface area contributed by atoms with E-state index < -0.39 is 0 Å².